The van der Waals surface area contributed by atoms with Gasteiger partial charge in [-0.25, -0.2) is 14.6 Å². The molecule has 0 aliphatic carbocycles. The zero-order valence-corrected chi connectivity index (χ0v) is 20.1. The van der Waals surface area contributed by atoms with Crippen LogP contribution in [0.2, 0.25) is 0 Å². The number of hydrogen-bond donors (Lipinski definition) is 1. The molecule has 2 aromatic heterocycles. The van der Waals surface area contributed by atoms with Gasteiger partial charge in [0.1, 0.15) is 17.3 Å². The van der Waals surface area contributed by atoms with Crippen LogP contribution in [0.25, 0.3) is 11.0 Å². The summed E-state index contributed by atoms with van der Waals surface area (Å²) in [5.74, 6) is 2.13. The monoisotopic (exact) mass is 470 g/mol. The Morgan fingerprint density at radius 2 is 1.88 bits per heavy atom. The largest absolute Gasteiger partial charge is 0.497 e. The van der Waals surface area contributed by atoms with E-state index in [0.717, 1.165) is 40.8 Å². The van der Waals surface area contributed by atoms with Crippen molar-refractivity contribution in [2.45, 2.75) is 43.6 Å². The minimum atomic E-state index is -0.189. The number of nitrogens with one attached hydrogen (secondary N) is 1. The van der Waals surface area contributed by atoms with E-state index < -0.39 is 0 Å². The van der Waals surface area contributed by atoms with Crippen LogP contribution >= 0.6 is 11.8 Å². The summed E-state index contributed by atoms with van der Waals surface area (Å²) in [7, 11) is 1.61. The van der Waals surface area contributed by atoms with Gasteiger partial charge in [-0.3, -0.25) is 4.79 Å². The summed E-state index contributed by atoms with van der Waals surface area (Å²) in [5.41, 5.74) is 0.804. The topological polar surface area (TPSA) is 94.4 Å². The van der Waals surface area contributed by atoms with Gasteiger partial charge < -0.3 is 19.7 Å². The Hall–Kier alpha value is -3.01. The second-order valence-electron chi connectivity index (χ2n) is 8.11. The number of thioether (sulfide) groups is 1. The number of benzene rings is 1. The van der Waals surface area contributed by atoms with E-state index >= 15 is 0 Å². The molecule has 0 bridgehead atoms. The van der Waals surface area contributed by atoms with Crippen molar-refractivity contribution in [1.82, 2.24) is 25.1 Å². The number of carbonyl (C=O) groups excluding carboxylic acids is 1. The van der Waals surface area contributed by atoms with Crippen molar-refractivity contribution < 1.29 is 14.3 Å². The van der Waals surface area contributed by atoms with Gasteiger partial charge in [-0.05, 0) is 37.1 Å². The molecule has 0 radical (unpaired) electrons. The highest BCUT2D eigenvalue weighted by atomic mass is 32.2. The molecule has 1 aromatic carbocycles. The molecular formula is C23H30N6O3S. The molecule has 1 saturated heterocycles. The molecular weight excluding hydrogens is 440 g/mol. The molecule has 1 aliphatic rings. The number of nitrogens with zero attached hydrogens (tertiary/aromatic N) is 5. The highest BCUT2D eigenvalue weighted by Crippen LogP contribution is 2.30. The average molecular weight is 471 g/mol. The lowest BCUT2D eigenvalue weighted by molar-refractivity contribution is -0.123. The molecule has 176 valence electrons. The van der Waals surface area contributed by atoms with E-state index in [1.165, 1.54) is 12.8 Å². The molecule has 9 nitrogen and oxygen atoms in total. The van der Waals surface area contributed by atoms with E-state index in [0.29, 0.717) is 24.1 Å². The van der Waals surface area contributed by atoms with E-state index in [9.17, 15) is 4.79 Å². The number of hydrogen-bond acceptors (Lipinski definition) is 8. The molecule has 1 amide bonds. The molecule has 4 rings (SSSR count). The van der Waals surface area contributed by atoms with Gasteiger partial charge in [0.15, 0.2) is 17.4 Å². The van der Waals surface area contributed by atoms with Crippen LogP contribution in [0, 0.1) is 0 Å². The first kappa shape index (κ1) is 23.2. The van der Waals surface area contributed by atoms with E-state index in [1.807, 2.05) is 10.9 Å². The third-order valence-electron chi connectivity index (χ3n) is 5.28. The van der Waals surface area contributed by atoms with Crippen molar-refractivity contribution in [3.05, 3.63) is 30.5 Å². The number of rotatable bonds is 10. The van der Waals surface area contributed by atoms with E-state index in [-0.39, 0.29) is 12.5 Å². The van der Waals surface area contributed by atoms with Crippen molar-refractivity contribution >= 4 is 34.5 Å². The molecule has 3 heterocycles. The van der Waals surface area contributed by atoms with Gasteiger partial charge in [-0.1, -0.05) is 25.6 Å². The molecule has 0 atom stereocenters. The Bertz CT molecular complexity index is 1080. The van der Waals surface area contributed by atoms with Gasteiger partial charge in [0.05, 0.1) is 25.2 Å². The average Bonchev–Trinajstić information content (AvgIpc) is 3.48. The zero-order chi connectivity index (χ0) is 23.2. The summed E-state index contributed by atoms with van der Waals surface area (Å²) in [4.78, 5) is 24.1. The van der Waals surface area contributed by atoms with Gasteiger partial charge in [0, 0.05) is 24.9 Å². The van der Waals surface area contributed by atoms with Crippen molar-refractivity contribution in [2.24, 2.45) is 0 Å². The Morgan fingerprint density at radius 1 is 1.15 bits per heavy atom. The smallest absolute Gasteiger partial charge is 0.258 e. The number of aromatic nitrogens is 4. The fourth-order valence-electron chi connectivity index (χ4n) is 3.69. The van der Waals surface area contributed by atoms with Crippen LogP contribution in [-0.4, -0.2) is 64.3 Å². The standard InChI is InChI=1S/C23H30N6O3S/c1-16(2)33-23-26-21(28-11-4-5-12-28)19-14-25-29(22(19)27-23)13-10-24-20(30)15-32-18-8-6-17(31-3)7-9-18/h6-9,14,16H,4-5,10-13,15H2,1-3H3,(H,24,30). The Labute approximate surface area is 197 Å². The highest BCUT2D eigenvalue weighted by molar-refractivity contribution is 7.99. The van der Waals surface area contributed by atoms with E-state index in [4.69, 9.17) is 19.4 Å². The van der Waals surface area contributed by atoms with Gasteiger partial charge in [0.25, 0.3) is 5.91 Å². The fourth-order valence-corrected chi connectivity index (χ4v) is 4.39. The third-order valence-corrected chi connectivity index (χ3v) is 6.14. The minimum Gasteiger partial charge on any atom is -0.497 e. The van der Waals surface area contributed by atoms with Crippen molar-refractivity contribution in [3.8, 4) is 11.5 Å². The first-order chi connectivity index (χ1) is 16.0. The van der Waals surface area contributed by atoms with Crippen LogP contribution in [0.15, 0.2) is 35.6 Å². The Balaban J connectivity index is 1.38. The molecule has 1 aliphatic heterocycles. The van der Waals surface area contributed by atoms with Crippen molar-refractivity contribution in [3.63, 3.8) is 0 Å². The molecule has 0 unspecified atom stereocenters. The third kappa shape index (κ3) is 5.87. The highest BCUT2D eigenvalue weighted by Gasteiger charge is 2.21. The maximum atomic E-state index is 12.2. The van der Waals surface area contributed by atoms with Crippen LogP contribution in [0.5, 0.6) is 11.5 Å². The number of anilines is 1. The lowest BCUT2D eigenvalue weighted by Gasteiger charge is -2.18. The van der Waals surface area contributed by atoms with Crippen molar-refractivity contribution in [1.29, 1.82) is 0 Å². The Kier molecular flexibility index (Phi) is 7.54. The van der Waals surface area contributed by atoms with Crippen LogP contribution in [-0.2, 0) is 11.3 Å². The SMILES string of the molecule is COc1ccc(OCC(=O)NCCn2ncc3c(N4CCCC4)nc(SC(C)C)nc32)cc1. The zero-order valence-electron chi connectivity index (χ0n) is 19.3. The van der Waals surface area contributed by atoms with Crippen LogP contribution in [0.1, 0.15) is 26.7 Å². The fraction of sp³-hybridized carbons (Fsp3) is 0.478. The maximum Gasteiger partial charge on any atom is 0.258 e. The van der Waals surface area contributed by atoms with Crippen LogP contribution in [0.3, 0.4) is 0 Å². The second-order valence-corrected chi connectivity index (χ2v) is 9.65. The molecule has 0 saturated carbocycles. The first-order valence-corrected chi connectivity index (χ1v) is 12.1. The molecule has 10 heteroatoms. The lowest BCUT2D eigenvalue weighted by Crippen LogP contribution is -2.31. The number of amides is 1. The maximum absolute atomic E-state index is 12.2. The number of methoxy groups -OCH3 is 1. The summed E-state index contributed by atoms with van der Waals surface area (Å²) in [6.45, 7) is 7.17. The summed E-state index contributed by atoms with van der Waals surface area (Å²) >= 11 is 1.65. The first-order valence-electron chi connectivity index (χ1n) is 11.2. The molecule has 1 N–H and O–H groups in total. The minimum absolute atomic E-state index is 0.0529. The summed E-state index contributed by atoms with van der Waals surface area (Å²) in [5, 5.41) is 9.53. The van der Waals surface area contributed by atoms with Gasteiger partial charge in [-0.2, -0.15) is 5.10 Å². The lowest BCUT2D eigenvalue weighted by atomic mass is 10.3. The van der Waals surface area contributed by atoms with Gasteiger partial charge >= 0.3 is 0 Å². The van der Waals surface area contributed by atoms with E-state index in [2.05, 4.69) is 29.2 Å². The summed E-state index contributed by atoms with van der Waals surface area (Å²) in [6, 6.07) is 7.12. The van der Waals surface area contributed by atoms with Crippen LogP contribution in [0.4, 0.5) is 5.82 Å². The number of ether oxygens (including phenoxy) is 2. The second kappa shape index (κ2) is 10.7. The number of carbonyl (C=O) groups is 1. The van der Waals surface area contributed by atoms with E-state index in [1.54, 1.807) is 43.1 Å². The molecule has 0 spiro atoms. The quantitative estimate of drug-likeness (QED) is 0.357. The van der Waals surface area contributed by atoms with Gasteiger partial charge in [-0.15, -0.1) is 0 Å². The summed E-state index contributed by atoms with van der Waals surface area (Å²) in [6.07, 6.45) is 4.19. The van der Waals surface area contributed by atoms with Crippen LogP contribution < -0.4 is 19.7 Å². The normalized spacial score (nSPS) is 13.6. The molecule has 1 fully saturated rings. The number of fused-ring (bicyclic) bond motifs is 1. The predicted octanol–water partition coefficient (Wildman–Crippen LogP) is 3.13. The van der Waals surface area contributed by atoms with Gasteiger partial charge in [0.2, 0.25) is 0 Å². The Morgan fingerprint density at radius 3 is 2.58 bits per heavy atom. The van der Waals surface area contributed by atoms with Crippen molar-refractivity contribution in [2.75, 3.05) is 38.3 Å². The molecule has 33 heavy (non-hydrogen) atoms. The predicted molar refractivity (Wildman–Crippen MR) is 129 cm³/mol. The molecule has 3 aromatic rings. The summed E-state index contributed by atoms with van der Waals surface area (Å²) < 4.78 is 12.5.